The number of hydrogen-bond acceptors (Lipinski definition) is 5. The standard InChI is InChI=1S/C25H24F4N2O3/c1-13-4-5-15-18(8-7-17(26)21(15)31-13)30-10-16-14-6-9-19-22(34-12-33-19)20(14)23(2,3)11-24(16,32)25(27,28)29/h4-9,16,30,32H,10-12H2,1-3H3. The Morgan fingerprint density at radius 1 is 1.12 bits per heavy atom. The Balaban J connectivity index is 1.61. The summed E-state index contributed by atoms with van der Waals surface area (Å²) in [5.41, 5.74) is -1.90. The number of rotatable bonds is 3. The molecule has 0 fully saturated rings. The van der Waals surface area contributed by atoms with Gasteiger partial charge in [-0.1, -0.05) is 19.9 Å². The number of aryl methyl sites for hydroxylation is 1. The predicted molar refractivity (Wildman–Crippen MR) is 119 cm³/mol. The van der Waals surface area contributed by atoms with E-state index in [1.165, 1.54) is 12.1 Å². The molecule has 9 heteroatoms. The summed E-state index contributed by atoms with van der Waals surface area (Å²) in [7, 11) is 0. The average molecular weight is 476 g/mol. The Labute approximate surface area is 193 Å². The maximum absolute atomic E-state index is 14.4. The molecule has 5 nitrogen and oxygen atoms in total. The molecule has 3 aromatic rings. The van der Waals surface area contributed by atoms with E-state index in [0.717, 1.165) is 0 Å². The summed E-state index contributed by atoms with van der Waals surface area (Å²) in [4.78, 5) is 4.22. The number of pyridine rings is 1. The SMILES string of the molecule is Cc1ccc2c(NCC3c4ccc5c(c4C(C)(C)CC3(O)C(F)(F)F)OCO5)ccc(F)c2n1. The van der Waals surface area contributed by atoms with E-state index in [1.54, 1.807) is 45.0 Å². The minimum atomic E-state index is -4.88. The van der Waals surface area contributed by atoms with E-state index in [9.17, 15) is 22.7 Å². The van der Waals surface area contributed by atoms with Crippen LogP contribution in [0.4, 0.5) is 23.2 Å². The van der Waals surface area contributed by atoms with Gasteiger partial charge in [-0.05, 0) is 54.7 Å². The van der Waals surface area contributed by atoms with Gasteiger partial charge in [-0.25, -0.2) is 9.37 Å². The van der Waals surface area contributed by atoms with Crippen molar-refractivity contribution in [2.24, 2.45) is 0 Å². The van der Waals surface area contributed by atoms with Gasteiger partial charge in [-0.3, -0.25) is 0 Å². The summed E-state index contributed by atoms with van der Waals surface area (Å²) in [6.07, 6.45) is -5.43. The fourth-order valence-electron chi connectivity index (χ4n) is 5.34. The summed E-state index contributed by atoms with van der Waals surface area (Å²) >= 11 is 0. The van der Waals surface area contributed by atoms with Crippen LogP contribution in [0.25, 0.3) is 10.9 Å². The molecule has 180 valence electrons. The highest BCUT2D eigenvalue weighted by Gasteiger charge is 2.64. The van der Waals surface area contributed by atoms with Gasteiger partial charge in [0.1, 0.15) is 11.3 Å². The third-order valence-corrected chi connectivity index (χ3v) is 6.85. The Bertz CT molecular complexity index is 1290. The molecular weight excluding hydrogens is 452 g/mol. The second-order valence-electron chi connectivity index (χ2n) is 9.62. The first-order valence-corrected chi connectivity index (χ1v) is 10.9. The third kappa shape index (κ3) is 3.36. The van der Waals surface area contributed by atoms with Gasteiger partial charge < -0.3 is 19.9 Å². The molecule has 0 saturated carbocycles. The van der Waals surface area contributed by atoms with Crippen LogP contribution in [0.3, 0.4) is 0 Å². The van der Waals surface area contributed by atoms with Gasteiger partial charge in [0.2, 0.25) is 6.79 Å². The molecule has 0 amide bonds. The van der Waals surface area contributed by atoms with Crippen molar-refractivity contribution in [1.29, 1.82) is 0 Å². The molecule has 0 saturated heterocycles. The van der Waals surface area contributed by atoms with Gasteiger partial charge in [0, 0.05) is 34.8 Å². The Kier molecular flexibility index (Phi) is 4.99. The van der Waals surface area contributed by atoms with Gasteiger partial charge in [-0.15, -0.1) is 0 Å². The lowest BCUT2D eigenvalue weighted by atomic mass is 9.60. The van der Waals surface area contributed by atoms with Crippen LogP contribution in [-0.4, -0.2) is 35.2 Å². The van der Waals surface area contributed by atoms with E-state index >= 15 is 0 Å². The number of aromatic nitrogens is 1. The van der Waals surface area contributed by atoms with Crippen LogP contribution in [-0.2, 0) is 5.41 Å². The van der Waals surface area contributed by atoms with E-state index in [0.29, 0.717) is 39.4 Å². The summed E-state index contributed by atoms with van der Waals surface area (Å²) in [6, 6.07) is 9.22. The van der Waals surface area contributed by atoms with E-state index in [-0.39, 0.29) is 18.9 Å². The van der Waals surface area contributed by atoms with Crippen molar-refractivity contribution in [3.05, 3.63) is 59.0 Å². The number of hydrogen-bond donors (Lipinski definition) is 2. The summed E-state index contributed by atoms with van der Waals surface area (Å²) in [5, 5.41) is 14.6. The van der Waals surface area contributed by atoms with Crippen LogP contribution in [0.1, 0.15) is 43.0 Å². The van der Waals surface area contributed by atoms with E-state index in [4.69, 9.17) is 9.47 Å². The van der Waals surface area contributed by atoms with Crippen molar-refractivity contribution in [3.8, 4) is 11.5 Å². The van der Waals surface area contributed by atoms with Crippen molar-refractivity contribution < 1.29 is 32.1 Å². The molecule has 0 radical (unpaired) electrons. The number of anilines is 1. The lowest BCUT2D eigenvalue weighted by Crippen LogP contribution is -2.58. The fraction of sp³-hybridized carbons (Fsp3) is 0.400. The summed E-state index contributed by atoms with van der Waals surface area (Å²) in [6.45, 7) is 4.80. The first-order valence-electron chi connectivity index (χ1n) is 10.9. The first kappa shape index (κ1) is 22.7. The minimum absolute atomic E-state index is 0.0116. The molecule has 0 spiro atoms. The molecule has 0 bridgehead atoms. The van der Waals surface area contributed by atoms with E-state index < -0.39 is 35.3 Å². The highest BCUT2D eigenvalue weighted by Crippen LogP contribution is 2.58. The number of halogens is 4. The van der Waals surface area contributed by atoms with Crippen LogP contribution < -0.4 is 14.8 Å². The third-order valence-electron chi connectivity index (χ3n) is 6.85. The molecule has 2 heterocycles. The molecular formula is C25H24F4N2O3. The van der Waals surface area contributed by atoms with Gasteiger partial charge in [0.05, 0.1) is 0 Å². The van der Waals surface area contributed by atoms with E-state index in [1.807, 2.05) is 0 Å². The number of nitrogens with one attached hydrogen (secondary N) is 1. The minimum Gasteiger partial charge on any atom is -0.454 e. The molecule has 2 unspecified atom stereocenters. The smallest absolute Gasteiger partial charge is 0.417 e. The number of fused-ring (bicyclic) bond motifs is 4. The van der Waals surface area contributed by atoms with Gasteiger partial charge in [0.15, 0.2) is 17.1 Å². The highest BCUT2D eigenvalue weighted by atomic mass is 19.4. The van der Waals surface area contributed by atoms with Crippen molar-refractivity contribution in [1.82, 2.24) is 4.98 Å². The first-order chi connectivity index (χ1) is 15.9. The zero-order valence-electron chi connectivity index (χ0n) is 18.9. The van der Waals surface area contributed by atoms with Gasteiger partial charge in [0.25, 0.3) is 0 Å². The number of aliphatic hydroxyl groups is 1. The van der Waals surface area contributed by atoms with Crippen molar-refractivity contribution in [3.63, 3.8) is 0 Å². The second kappa shape index (κ2) is 7.46. The molecule has 2 atom stereocenters. The lowest BCUT2D eigenvalue weighted by molar-refractivity contribution is -0.277. The van der Waals surface area contributed by atoms with Crippen LogP contribution in [0, 0.1) is 12.7 Å². The Morgan fingerprint density at radius 2 is 1.88 bits per heavy atom. The van der Waals surface area contributed by atoms with Crippen molar-refractivity contribution in [2.45, 2.75) is 50.3 Å². The molecule has 1 aliphatic heterocycles. The lowest BCUT2D eigenvalue weighted by Gasteiger charge is -2.49. The monoisotopic (exact) mass is 476 g/mol. The second-order valence-corrected chi connectivity index (χ2v) is 9.62. The Hall–Kier alpha value is -3.07. The Morgan fingerprint density at radius 3 is 2.62 bits per heavy atom. The van der Waals surface area contributed by atoms with Gasteiger partial charge in [-0.2, -0.15) is 13.2 Å². The number of alkyl halides is 3. The topological polar surface area (TPSA) is 63.6 Å². The molecule has 2 aromatic carbocycles. The van der Waals surface area contributed by atoms with E-state index in [2.05, 4.69) is 10.3 Å². The summed E-state index contributed by atoms with van der Waals surface area (Å²) < 4.78 is 68.5. The molecule has 1 aromatic heterocycles. The fourth-order valence-corrected chi connectivity index (χ4v) is 5.34. The maximum atomic E-state index is 14.4. The highest BCUT2D eigenvalue weighted by molar-refractivity contribution is 5.91. The van der Waals surface area contributed by atoms with Crippen LogP contribution in [0.5, 0.6) is 11.5 Å². The van der Waals surface area contributed by atoms with Gasteiger partial charge >= 0.3 is 6.18 Å². The molecule has 5 rings (SSSR count). The van der Waals surface area contributed by atoms with Crippen LogP contribution in [0.2, 0.25) is 0 Å². The van der Waals surface area contributed by atoms with Crippen molar-refractivity contribution in [2.75, 3.05) is 18.7 Å². The van der Waals surface area contributed by atoms with Crippen LogP contribution in [0.15, 0.2) is 36.4 Å². The maximum Gasteiger partial charge on any atom is 0.417 e. The molecule has 2 aliphatic rings. The normalized spacial score (nSPS) is 23.1. The number of nitrogens with zero attached hydrogens (tertiary/aromatic N) is 1. The average Bonchev–Trinajstić information content (AvgIpc) is 3.22. The number of benzene rings is 2. The molecule has 34 heavy (non-hydrogen) atoms. The van der Waals surface area contributed by atoms with Crippen molar-refractivity contribution >= 4 is 16.6 Å². The zero-order valence-corrected chi connectivity index (χ0v) is 18.9. The predicted octanol–water partition coefficient (Wildman–Crippen LogP) is 5.58. The quantitative estimate of drug-likeness (QED) is 0.483. The summed E-state index contributed by atoms with van der Waals surface area (Å²) in [5.74, 6) is -0.970. The molecule has 1 aliphatic carbocycles. The zero-order chi connectivity index (χ0) is 24.5. The largest absolute Gasteiger partial charge is 0.454 e. The van der Waals surface area contributed by atoms with Crippen LogP contribution >= 0.6 is 0 Å². The molecule has 2 N–H and O–H groups in total. The number of ether oxygens (including phenoxy) is 2.